The number of halogens is 2. The second-order valence-corrected chi connectivity index (χ2v) is 3.84. The van der Waals surface area contributed by atoms with E-state index in [1.54, 1.807) is 18.2 Å². The molecule has 82 valence electrons. The molecule has 3 nitrogen and oxygen atoms in total. The molecule has 1 rings (SSSR count). The highest BCUT2D eigenvalue weighted by Gasteiger charge is 2.12. The highest BCUT2D eigenvalue weighted by atomic mass is 35.5. The highest BCUT2D eigenvalue weighted by molar-refractivity contribution is 6.35. The highest BCUT2D eigenvalue weighted by Crippen LogP contribution is 2.25. The van der Waals surface area contributed by atoms with Gasteiger partial charge in [0.05, 0.1) is 6.54 Å². The SMILES string of the molecule is CCN(C(=O)CN)c1cc(Cl)cc(Cl)c1. The minimum atomic E-state index is -0.157. The van der Waals surface area contributed by atoms with Gasteiger partial charge in [0.15, 0.2) is 0 Å². The van der Waals surface area contributed by atoms with Crippen molar-refractivity contribution in [2.75, 3.05) is 18.0 Å². The van der Waals surface area contributed by atoms with Crippen LogP contribution in [0, 0.1) is 0 Å². The van der Waals surface area contributed by atoms with Crippen molar-refractivity contribution in [1.82, 2.24) is 0 Å². The summed E-state index contributed by atoms with van der Waals surface area (Å²) in [5.74, 6) is -0.157. The molecule has 15 heavy (non-hydrogen) atoms. The van der Waals surface area contributed by atoms with Crippen LogP contribution >= 0.6 is 23.2 Å². The van der Waals surface area contributed by atoms with E-state index in [-0.39, 0.29) is 12.5 Å². The van der Waals surface area contributed by atoms with Crippen molar-refractivity contribution < 1.29 is 4.79 Å². The molecule has 2 N–H and O–H groups in total. The number of benzene rings is 1. The van der Waals surface area contributed by atoms with Gasteiger partial charge >= 0.3 is 0 Å². The first kappa shape index (κ1) is 12.3. The molecule has 1 aromatic carbocycles. The average Bonchev–Trinajstić information content (AvgIpc) is 2.17. The first-order valence-corrected chi connectivity index (χ1v) is 5.30. The van der Waals surface area contributed by atoms with Gasteiger partial charge in [0, 0.05) is 22.3 Å². The lowest BCUT2D eigenvalue weighted by atomic mass is 10.2. The van der Waals surface area contributed by atoms with Crippen molar-refractivity contribution in [3.63, 3.8) is 0 Å². The fourth-order valence-electron chi connectivity index (χ4n) is 1.31. The van der Waals surface area contributed by atoms with Crippen molar-refractivity contribution >= 4 is 34.8 Å². The summed E-state index contributed by atoms with van der Waals surface area (Å²) in [5, 5.41) is 1.00. The van der Waals surface area contributed by atoms with Crippen LogP contribution in [0.1, 0.15) is 6.92 Å². The van der Waals surface area contributed by atoms with E-state index in [9.17, 15) is 4.79 Å². The maximum atomic E-state index is 11.5. The van der Waals surface area contributed by atoms with Crippen LogP contribution in [-0.4, -0.2) is 19.0 Å². The Morgan fingerprint density at radius 3 is 2.27 bits per heavy atom. The standard InChI is InChI=1S/C10H12Cl2N2O/c1-2-14(10(15)6-13)9-4-7(11)3-8(12)5-9/h3-5H,2,6,13H2,1H3. The molecule has 0 aliphatic rings. The molecule has 0 aliphatic heterocycles. The number of hydrogen-bond acceptors (Lipinski definition) is 2. The first-order chi connectivity index (χ1) is 7.08. The van der Waals surface area contributed by atoms with Gasteiger partial charge in [-0.3, -0.25) is 4.79 Å². The lowest BCUT2D eigenvalue weighted by Gasteiger charge is -2.20. The van der Waals surface area contributed by atoms with Gasteiger partial charge < -0.3 is 10.6 Å². The molecule has 0 atom stereocenters. The Morgan fingerprint density at radius 2 is 1.87 bits per heavy atom. The minimum Gasteiger partial charge on any atom is -0.322 e. The maximum Gasteiger partial charge on any atom is 0.240 e. The molecule has 5 heteroatoms. The summed E-state index contributed by atoms with van der Waals surface area (Å²) < 4.78 is 0. The molecule has 0 saturated heterocycles. The van der Waals surface area contributed by atoms with Crippen molar-refractivity contribution in [3.05, 3.63) is 28.2 Å². The number of nitrogens with two attached hydrogens (primary N) is 1. The number of likely N-dealkylation sites (N-methyl/N-ethyl adjacent to an activating group) is 1. The van der Waals surface area contributed by atoms with Gasteiger partial charge in [-0.05, 0) is 25.1 Å². The molecule has 0 aliphatic carbocycles. The van der Waals surface area contributed by atoms with Crippen LogP contribution in [0.15, 0.2) is 18.2 Å². The zero-order valence-electron chi connectivity index (χ0n) is 8.34. The third kappa shape index (κ3) is 3.09. The largest absolute Gasteiger partial charge is 0.322 e. The van der Waals surface area contributed by atoms with E-state index >= 15 is 0 Å². The topological polar surface area (TPSA) is 46.3 Å². The smallest absolute Gasteiger partial charge is 0.240 e. The molecule has 1 amide bonds. The van der Waals surface area contributed by atoms with Crippen molar-refractivity contribution in [3.8, 4) is 0 Å². The van der Waals surface area contributed by atoms with Crippen LogP contribution in [-0.2, 0) is 4.79 Å². The van der Waals surface area contributed by atoms with Gasteiger partial charge in [-0.25, -0.2) is 0 Å². The molecular weight excluding hydrogens is 235 g/mol. The van der Waals surface area contributed by atoms with Crippen molar-refractivity contribution in [2.45, 2.75) is 6.92 Å². The number of rotatable bonds is 3. The number of carbonyl (C=O) groups excluding carboxylic acids is 1. The van der Waals surface area contributed by atoms with Crippen LogP contribution in [0.5, 0.6) is 0 Å². The summed E-state index contributed by atoms with van der Waals surface area (Å²) in [6.45, 7) is 2.37. The van der Waals surface area contributed by atoms with Gasteiger partial charge in [-0.15, -0.1) is 0 Å². The summed E-state index contributed by atoms with van der Waals surface area (Å²) in [4.78, 5) is 13.0. The third-order valence-electron chi connectivity index (χ3n) is 1.95. The van der Waals surface area contributed by atoms with Crippen LogP contribution in [0.3, 0.4) is 0 Å². The number of anilines is 1. The summed E-state index contributed by atoms with van der Waals surface area (Å²) >= 11 is 11.7. The molecule has 0 saturated carbocycles. The Balaban J connectivity index is 3.06. The molecule has 0 radical (unpaired) electrons. The quantitative estimate of drug-likeness (QED) is 0.890. The molecule has 0 bridgehead atoms. The molecule has 0 spiro atoms. The van der Waals surface area contributed by atoms with Crippen LogP contribution < -0.4 is 10.6 Å². The van der Waals surface area contributed by atoms with Crippen LogP contribution in [0.4, 0.5) is 5.69 Å². The Bertz CT molecular complexity index is 348. The normalized spacial score (nSPS) is 10.1. The second-order valence-electron chi connectivity index (χ2n) is 2.97. The lowest BCUT2D eigenvalue weighted by Crippen LogP contribution is -2.35. The number of amides is 1. The molecular formula is C10H12Cl2N2O. The third-order valence-corrected chi connectivity index (χ3v) is 2.39. The molecule has 0 aromatic heterocycles. The zero-order chi connectivity index (χ0) is 11.4. The van der Waals surface area contributed by atoms with Gasteiger partial charge in [-0.2, -0.15) is 0 Å². The maximum absolute atomic E-state index is 11.5. The van der Waals surface area contributed by atoms with E-state index in [2.05, 4.69) is 0 Å². The lowest BCUT2D eigenvalue weighted by molar-refractivity contribution is -0.117. The number of nitrogens with zero attached hydrogens (tertiary/aromatic N) is 1. The average molecular weight is 247 g/mol. The minimum absolute atomic E-state index is 0.0298. The monoisotopic (exact) mass is 246 g/mol. The van der Waals surface area contributed by atoms with E-state index in [1.165, 1.54) is 4.90 Å². The van der Waals surface area contributed by atoms with Crippen molar-refractivity contribution in [2.24, 2.45) is 5.73 Å². The number of hydrogen-bond donors (Lipinski definition) is 1. The summed E-state index contributed by atoms with van der Waals surface area (Å²) in [6.07, 6.45) is 0. The zero-order valence-corrected chi connectivity index (χ0v) is 9.85. The summed E-state index contributed by atoms with van der Waals surface area (Å²) in [7, 11) is 0. The van der Waals surface area contributed by atoms with Crippen LogP contribution in [0.25, 0.3) is 0 Å². The molecule has 0 unspecified atom stereocenters. The molecule has 0 fully saturated rings. The second kappa shape index (κ2) is 5.35. The Morgan fingerprint density at radius 1 is 1.33 bits per heavy atom. The summed E-state index contributed by atoms with van der Waals surface area (Å²) in [6, 6.07) is 4.99. The Kier molecular flexibility index (Phi) is 4.39. The fraction of sp³-hybridized carbons (Fsp3) is 0.300. The first-order valence-electron chi connectivity index (χ1n) is 4.55. The van der Waals surface area contributed by atoms with Crippen LogP contribution in [0.2, 0.25) is 10.0 Å². The summed E-state index contributed by atoms with van der Waals surface area (Å²) in [5.41, 5.74) is 5.98. The van der Waals surface area contributed by atoms with Gasteiger partial charge in [0.1, 0.15) is 0 Å². The van der Waals surface area contributed by atoms with E-state index in [1.807, 2.05) is 6.92 Å². The Labute approximate surface area is 98.8 Å². The van der Waals surface area contributed by atoms with Crippen molar-refractivity contribution in [1.29, 1.82) is 0 Å². The van der Waals surface area contributed by atoms with E-state index in [4.69, 9.17) is 28.9 Å². The van der Waals surface area contributed by atoms with E-state index in [0.717, 1.165) is 0 Å². The number of carbonyl (C=O) groups is 1. The molecule has 1 aromatic rings. The van der Waals surface area contributed by atoms with Gasteiger partial charge in [-0.1, -0.05) is 23.2 Å². The van der Waals surface area contributed by atoms with E-state index in [0.29, 0.717) is 22.3 Å². The Hall–Kier alpha value is -0.770. The fourth-order valence-corrected chi connectivity index (χ4v) is 1.82. The van der Waals surface area contributed by atoms with E-state index < -0.39 is 0 Å². The van der Waals surface area contributed by atoms with Gasteiger partial charge in [0.2, 0.25) is 5.91 Å². The van der Waals surface area contributed by atoms with Gasteiger partial charge in [0.25, 0.3) is 0 Å². The molecule has 0 heterocycles. The predicted molar refractivity (Wildman–Crippen MR) is 63.5 cm³/mol. The predicted octanol–water partition coefficient (Wildman–Crippen LogP) is 2.31.